The lowest BCUT2D eigenvalue weighted by atomic mass is 10.00. The molecule has 0 unspecified atom stereocenters. The number of fused-ring (bicyclic) bond motifs is 9. The number of nitrogens with zero attached hydrogens (tertiary/aromatic N) is 6. The molecule has 0 radical (unpaired) electrons. The van der Waals surface area contributed by atoms with E-state index in [1.165, 1.54) is 0 Å². The van der Waals surface area contributed by atoms with Crippen LogP contribution in [-0.2, 0) is 0 Å². The fourth-order valence-corrected chi connectivity index (χ4v) is 6.75. The molecule has 0 fully saturated rings. The maximum atomic E-state index is 5.21. The molecule has 9 rings (SSSR count). The van der Waals surface area contributed by atoms with Crippen molar-refractivity contribution in [2.24, 2.45) is 0 Å². The van der Waals surface area contributed by atoms with Gasteiger partial charge < -0.3 is 0 Å². The van der Waals surface area contributed by atoms with Crippen LogP contribution in [0, 0.1) is 0 Å². The summed E-state index contributed by atoms with van der Waals surface area (Å²) in [6.07, 6.45) is 7.19. The Kier molecular flexibility index (Phi) is 7.20. The van der Waals surface area contributed by atoms with Gasteiger partial charge >= 0.3 is 0 Å². The zero-order valence-corrected chi connectivity index (χ0v) is 27.7. The highest BCUT2D eigenvalue weighted by molar-refractivity contribution is 6.15. The predicted octanol–water partition coefficient (Wildman–Crippen LogP) is 10.9. The number of aromatic nitrogens is 6. The Morgan fingerprint density at radius 1 is 0.580 bits per heavy atom. The minimum atomic E-state index is 0.639. The Bertz CT molecular complexity index is 2790. The lowest BCUT2D eigenvalue weighted by Crippen LogP contribution is -2.02. The topological polar surface area (TPSA) is 68.9 Å². The quantitative estimate of drug-likeness (QED) is 0.102. The Morgan fingerprint density at radius 3 is 2.04 bits per heavy atom. The normalized spacial score (nSPS) is 12.3. The van der Waals surface area contributed by atoms with Gasteiger partial charge in [-0.3, -0.25) is 4.40 Å². The summed E-state index contributed by atoms with van der Waals surface area (Å²) in [6.45, 7) is 4.14. The highest BCUT2D eigenvalue weighted by Gasteiger charge is 2.17. The second-order valence-corrected chi connectivity index (χ2v) is 12.4. The summed E-state index contributed by atoms with van der Waals surface area (Å²) in [7, 11) is 0. The SMILES string of the molecule is C/C=C(\C=C/CC)c1nc(-c2ccccc2)nc(-c2ccc(-c3ccc4c(c3)c3nc5ccccc5cc3c3nc5ccccc5n43)cc2)n1. The van der Waals surface area contributed by atoms with E-state index in [1.54, 1.807) is 0 Å². The zero-order valence-electron chi connectivity index (χ0n) is 27.7. The van der Waals surface area contributed by atoms with Crippen molar-refractivity contribution in [2.75, 3.05) is 0 Å². The third-order valence-electron chi connectivity index (χ3n) is 9.26. The maximum Gasteiger partial charge on any atom is 0.164 e. The third-order valence-corrected chi connectivity index (χ3v) is 9.26. The average Bonchev–Trinajstić information content (AvgIpc) is 3.58. The summed E-state index contributed by atoms with van der Waals surface area (Å²) in [6, 6.07) is 44.0. The van der Waals surface area contributed by atoms with Crippen LogP contribution in [0.1, 0.15) is 26.1 Å². The van der Waals surface area contributed by atoms with Gasteiger partial charge in [-0.1, -0.05) is 116 Å². The van der Waals surface area contributed by atoms with E-state index in [0.717, 1.165) is 83.6 Å². The van der Waals surface area contributed by atoms with Crippen LogP contribution in [-0.4, -0.2) is 29.3 Å². The van der Waals surface area contributed by atoms with Crippen LogP contribution >= 0.6 is 0 Å². The molecule has 5 aromatic carbocycles. The first-order valence-electron chi connectivity index (χ1n) is 17.0. The Morgan fingerprint density at radius 2 is 1.26 bits per heavy atom. The molecule has 50 heavy (non-hydrogen) atoms. The number of hydrogen-bond donors (Lipinski definition) is 0. The molecule has 0 amide bonds. The number of hydrogen-bond acceptors (Lipinski definition) is 5. The van der Waals surface area contributed by atoms with Crippen molar-refractivity contribution in [2.45, 2.75) is 20.3 Å². The molecule has 0 atom stereocenters. The highest BCUT2D eigenvalue weighted by atomic mass is 15.0. The number of pyridine rings is 2. The number of allylic oxidation sites excluding steroid dienone is 4. The van der Waals surface area contributed by atoms with Gasteiger partial charge in [-0.15, -0.1) is 0 Å². The van der Waals surface area contributed by atoms with Gasteiger partial charge in [0.1, 0.15) is 5.65 Å². The molecule has 6 heteroatoms. The molecule has 238 valence electrons. The van der Waals surface area contributed by atoms with E-state index in [-0.39, 0.29) is 0 Å². The molecule has 0 spiro atoms. The molecule has 0 aliphatic rings. The van der Waals surface area contributed by atoms with E-state index in [4.69, 9.17) is 24.9 Å². The molecule has 4 heterocycles. The van der Waals surface area contributed by atoms with Crippen LogP contribution in [0.15, 0.2) is 146 Å². The van der Waals surface area contributed by atoms with Crippen LogP contribution in [0.3, 0.4) is 0 Å². The number of para-hydroxylation sites is 3. The second-order valence-electron chi connectivity index (χ2n) is 12.4. The molecule has 0 aliphatic heterocycles. The smallest absolute Gasteiger partial charge is 0.164 e. The molecule has 0 N–H and O–H groups in total. The van der Waals surface area contributed by atoms with Gasteiger partial charge in [-0.05, 0) is 60.9 Å². The van der Waals surface area contributed by atoms with Crippen molar-refractivity contribution in [1.29, 1.82) is 0 Å². The number of imidazole rings is 1. The first kappa shape index (κ1) is 29.6. The molecule has 4 aromatic heterocycles. The highest BCUT2D eigenvalue weighted by Crippen LogP contribution is 2.36. The predicted molar refractivity (Wildman–Crippen MR) is 206 cm³/mol. The van der Waals surface area contributed by atoms with E-state index < -0.39 is 0 Å². The van der Waals surface area contributed by atoms with E-state index in [9.17, 15) is 0 Å². The van der Waals surface area contributed by atoms with Crippen LogP contribution in [0.2, 0.25) is 0 Å². The van der Waals surface area contributed by atoms with Gasteiger partial charge in [-0.2, -0.15) is 0 Å². The monoisotopic (exact) mass is 644 g/mol. The summed E-state index contributed by atoms with van der Waals surface area (Å²) >= 11 is 0. The van der Waals surface area contributed by atoms with Crippen LogP contribution in [0.4, 0.5) is 0 Å². The maximum absolute atomic E-state index is 5.21. The molecular formula is C44H32N6. The summed E-state index contributed by atoms with van der Waals surface area (Å²) < 4.78 is 2.27. The standard InChI is InChI=1S/C44H32N6/c1-3-5-13-28(4-2)41-47-42(30-14-7-6-8-15-30)49-43(48-41)31-22-20-29(21-23-31)32-24-25-38-34(26-32)40-35(27-33-16-9-10-17-36(33)45-40)44-46-37-18-11-12-19-39(37)50(38)44/h4-27H,3H2,1-2H3/b13-5-,28-4+. The second kappa shape index (κ2) is 12.2. The zero-order chi connectivity index (χ0) is 33.6. The van der Waals surface area contributed by atoms with Gasteiger partial charge in [0.2, 0.25) is 0 Å². The third kappa shape index (κ3) is 5.01. The minimum absolute atomic E-state index is 0.639. The Balaban J connectivity index is 1.19. The van der Waals surface area contributed by atoms with Crippen molar-refractivity contribution in [3.8, 4) is 33.9 Å². The molecular weight excluding hydrogens is 613 g/mol. The van der Waals surface area contributed by atoms with Crippen LogP contribution in [0.25, 0.3) is 88.9 Å². The van der Waals surface area contributed by atoms with Gasteiger partial charge in [-0.25, -0.2) is 24.9 Å². The summed E-state index contributed by atoms with van der Waals surface area (Å²) in [4.78, 5) is 25.0. The summed E-state index contributed by atoms with van der Waals surface area (Å²) in [5, 5.41) is 3.21. The summed E-state index contributed by atoms with van der Waals surface area (Å²) in [5.74, 6) is 1.95. The fourth-order valence-electron chi connectivity index (χ4n) is 6.75. The van der Waals surface area contributed by atoms with Crippen molar-refractivity contribution in [3.63, 3.8) is 0 Å². The first-order chi connectivity index (χ1) is 24.7. The van der Waals surface area contributed by atoms with Gasteiger partial charge in [0.15, 0.2) is 17.5 Å². The molecule has 0 aliphatic carbocycles. The average molecular weight is 645 g/mol. The van der Waals surface area contributed by atoms with Crippen molar-refractivity contribution < 1.29 is 0 Å². The van der Waals surface area contributed by atoms with Crippen LogP contribution in [0.5, 0.6) is 0 Å². The Labute approximate surface area is 289 Å². The van der Waals surface area contributed by atoms with Crippen molar-refractivity contribution >= 4 is 55.0 Å². The molecule has 6 nitrogen and oxygen atoms in total. The first-order valence-corrected chi connectivity index (χ1v) is 17.0. The van der Waals surface area contributed by atoms with Gasteiger partial charge in [0.05, 0.1) is 27.6 Å². The molecule has 0 bridgehead atoms. The lowest BCUT2D eigenvalue weighted by Gasteiger charge is -2.12. The molecule has 0 saturated carbocycles. The largest absolute Gasteiger partial charge is 0.292 e. The van der Waals surface area contributed by atoms with E-state index in [2.05, 4.69) is 108 Å². The molecule has 9 aromatic rings. The van der Waals surface area contributed by atoms with Crippen molar-refractivity contribution in [3.05, 3.63) is 151 Å². The summed E-state index contributed by atoms with van der Waals surface area (Å²) in [5.41, 5.74) is 11.0. The van der Waals surface area contributed by atoms with Gasteiger partial charge in [0, 0.05) is 32.9 Å². The minimum Gasteiger partial charge on any atom is -0.292 e. The fraction of sp³-hybridized carbons (Fsp3) is 0.0682. The number of benzene rings is 5. The Hall–Kier alpha value is -6.53. The van der Waals surface area contributed by atoms with Gasteiger partial charge in [0.25, 0.3) is 0 Å². The van der Waals surface area contributed by atoms with E-state index >= 15 is 0 Å². The lowest BCUT2D eigenvalue weighted by molar-refractivity contribution is 1.04. The van der Waals surface area contributed by atoms with E-state index in [1.807, 2.05) is 55.5 Å². The van der Waals surface area contributed by atoms with Crippen LogP contribution < -0.4 is 0 Å². The molecule has 0 saturated heterocycles. The van der Waals surface area contributed by atoms with E-state index in [0.29, 0.717) is 17.5 Å². The number of rotatable bonds is 6. The van der Waals surface area contributed by atoms with Crippen molar-refractivity contribution in [1.82, 2.24) is 29.3 Å².